The Kier molecular flexibility index (Phi) is 4.94. The van der Waals surface area contributed by atoms with Crippen molar-refractivity contribution in [2.75, 3.05) is 0 Å². The van der Waals surface area contributed by atoms with Crippen LogP contribution in [0.2, 0.25) is 0 Å². The minimum Gasteiger partial charge on any atom is -0.423 e. The molecule has 0 saturated heterocycles. The summed E-state index contributed by atoms with van der Waals surface area (Å²) in [5.41, 5.74) is 6.04. The van der Waals surface area contributed by atoms with E-state index in [1.165, 1.54) is 32.3 Å². The second-order valence-electron chi connectivity index (χ2n) is 5.93. The molecule has 0 aromatic carbocycles. The number of Topliss-reactive ketones (excluding diaryl/α,β-unsaturated/α-hetero) is 1. The molecule has 1 fully saturated rings. The SMILES string of the molecule is CC(=O)C1=CC([C@@H](O)[C@@H](N)CC2CCCCC2)C(=O)O1. The van der Waals surface area contributed by atoms with Crippen LogP contribution in [-0.4, -0.2) is 29.0 Å². The van der Waals surface area contributed by atoms with E-state index < -0.39 is 24.0 Å². The van der Waals surface area contributed by atoms with Gasteiger partial charge < -0.3 is 15.6 Å². The summed E-state index contributed by atoms with van der Waals surface area (Å²) in [6, 6.07) is -0.460. The number of nitrogens with two attached hydrogens (primary N) is 1. The van der Waals surface area contributed by atoms with Gasteiger partial charge in [-0.05, 0) is 18.4 Å². The predicted molar refractivity (Wildman–Crippen MR) is 73.5 cm³/mol. The van der Waals surface area contributed by atoms with Gasteiger partial charge in [0.15, 0.2) is 11.5 Å². The van der Waals surface area contributed by atoms with Crippen molar-refractivity contribution < 1.29 is 19.4 Å². The molecule has 2 rings (SSSR count). The van der Waals surface area contributed by atoms with E-state index in [1.54, 1.807) is 0 Å². The summed E-state index contributed by atoms with van der Waals surface area (Å²) in [5.74, 6) is -1.16. The molecule has 1 unspecified atom stereocenters. The van der Waals surface area contributed by atoms with Crippen LogP contribution in [0.3, 0.4) is 0 Å². The van der Waals surface area contributed by atoms with E-state index in [9.17, 15) is 14.7 Å². The van der Waals surface area contributed by atoms with Gasteiger partial charge in [0.2, 0.25) is 0 Å². The van der Waals surface area contributed by atoms with Gasteiger partial charge >= 0.3 is 5.97 Å². The van der Waals surface area contributed by atoms with Gasteiger partial charge in [0.25, 0.3) is 0 Å². The zero-order chi connectivity index (χ0) is 14.7. The van der Waals surface area contributed by atoms with E-state index >= 15 is 0 Å². The smallest absolute Gasteiger partial charge is 0.321 e. The fourth-order valence-corrected chi connectivity index (χ4v) is 3.08. The Labute approximate surface area is 119 Å². The van der Waals surface area contributed by atoms with Crippen molar-refractivity contribution in [2.24, 2.45) is 17.6 Å². The Morgan fingerprint density at radius 3 is 2.65 bits per heavy atom. The lowest BCUT2D eigenvalue weighted by Gasteiger charge is -2.28. The summed E-state index contributed by atoms with van der Waals surface area (Å²) in [7, 11) is 0. The summed E-state index contributed by atoms with van der Waals surface area (Å²) in [5, 5.41) is 10.2. The molecule has 5 nitrogen and oxygen atoms in total. The number of ketones is 1. The standard InChI is InChI=1S/C15H23NO4/c1-9(17)13-8-11(15(19)20-13)14(18)12(16)7-10-5-3-2-4-6-10/h8,10-12,14,18H,2-7,16H2,1H3/t11?,12-,14+/m0/s1. The highest BCUT2D eigenvalue weighted by molar-refractivity contribution is 5.97. The molecule has 2 aliphatic rings. The molecule has 3 atom stereocenters. The average molecular weight is 281 g/mol. The summed E-state index contributed by atoms with van der Waals surface area (Å²) >= 11 is 0. The van der Waals surface area contributed by atoms with Gasteiger partial charge in [-0.25, -0.2) is 0 Å². The van der Waals surface area contributed by atoms with E-state index in [4.69, 9.17) is 10.5 Å². The van der Waals surface area contributed by atoms with E-state index in [1.807, 2.05) is 0 Å². The molecule has 112 valence electrons. The molecule has 3 N–H and O–H groups in total. The first kappa shape index (κ1) is 15.2. The molecule has 1 heterocycles. The number of rotatable bonds is 5. The van der Waals surface area contributed by atoms with E-state index in [2.05, 4.69) is 0 Å². The third-order valence-electron chi connectivity index (χ3n) is 4.30. The molecular weight excluding hydrogens is 258 g/mol. The number of aliphatic hydroxyl groups excluding tert-OH is 1. The minimum absolute atomic E-state index is 0.0175. The Morgan fingerprint density at radius 1 is 1.45 bits per heavy atom. The number of aliphatic hydroxyl groups is 1. The molecule has 1 aliphatic carbocycles. The van der Waals surface area contributed by atoms with Crippen LogP contribution in [0.5, 0.6) is 0 Å². The minimum atomic E-state index is -0.985. The first-order valence-corrected chi connectivity index (χ1v) is 7.37. The zero-order valence-corrected chi connectivity index (χ0v) is 11.9. The Bertz CT molecular complexity index is 412. The fraction of sp³-hybridized carbons (Fsp3) is 0.733. The Morgan fingerprint density at radius 2 is 2.10 bits per heavy atom. The largest absolute Gasteiger partial charge is 0.423 e. The molecule has 0 aromatic rings. The lowest BCUT2D eigenvalue weighted by atomic mass is 9.82. The molecule has 0 bridgehead atoms. The van der Waals surface area contributed by atoms with Crippen LogP contribution in [0.4, 0.5) is 0 Å². The lowest BCUT2D eigenvalue weighted by molar-refractivity contribution is -0.145. The van der Waals surface area contributed by atoms with Crippen LogP contribution in [0, 0.1) is 11.8 Å². The van der Waals surface area contributed by atoms with Crippen LogP contribution in [-0.2, 0) is 14.3 Å². The van der Waals surface area contributed by atoms with Crippen molar-refractivity contribution in [3.05, 3.63) is 11.8 Å². The van der Waals surface area contributed by atoms with Gasteiger partial charge in [0.1, 0.15) is 5.92 Å². The van der Waals surface area contributed by atoms with Gasteiger partial charge in [-0.15, -0.1) is 0 Å². The quantitative estimate of drug-likeness (QED) is 0.741. The van der Waals surface area contributed by atoms with E-state index in [0.717, 1.165) is 12.8 Å². The third kappa shape index (κ3) is 3.46. The maximum Gasteiger partial charge on any atom is 0.321 e. The molecule has 5 heteroatoms. The van der Waals surface area contributed by atoms with Gasteiger partial charge in [-0.3, -0.25) is 9.59 Å². The van der Waals surface area contributed by atoms with Crippen molar-refractivity contribution >= 4 is 11.8 Å². The van der Waals surface area contributed by atoms with Crippen LogP contribution in [0.15, 0.2) is 11.8 Å². The highest BCUT2D eigenvalue weighted by Gasteiger charge is 2.38. The first-order valence-electron chi connectivity index (χ1n) is 7.37. The number of hydrogen-bond acceptors (Lipinski definition) is 5. The van der Waals surface area contributed by atoms with Crippen LogP contribution >= 0.6 is 0 Å². The monoisotopic (exact) mass is 281 g/mol. The second kappa shape index (κ2) is 6.50. The number of carbonyl (C=O) groups excluding carboxylic acids is 2. The van der Waals surface area contributed by atoms with Gasteiger partial charge in [-0.1, -0.05) is 32.1 Å². The summed E-state index contributed by atoms with van der Waals surface area (Å²) < 4.78 is 4.85. The molecule has 0 amide bonds. The first-order chi connectivity index (χ1) is 9.49. The summed E-state index contributed by atoms with van der Waals surface area (Å²) in [4.78, 5) is 22.9. The van der Waals surface area contributed by atoms with Crippen molar-refractivity contribution in [1.82, 2.24) is 0 Å². The van der Waals surface area contributed by atoms with Crippen molar-refractivity contribution in [3.8, 4) is 0 Å². The maximum atomic E-state index is 11.7. The van der Waals surface area contributed by atoms with Crippen LogP contribution in [0.1, 0.15) is 45.4 Å². The second-order valence-corrected chi connectivity index (χ2v) is 5.93. The number of carbonyl (C=O) groups is 2. The zero-order valence-electron chi connectivity index (χ0n) is 11.9. The average Bonchev–Trinajstić information content (AvgIpc) is 2.81. The van der Waals surface area contributed by atoms with Crippen molar-refractivity contribution in [3.63, 3.8) is 0 Å². The molecule has 0 radical (unpaired) electrons. The number of ether oxygens (including phenoxy) is 1. The summed E-state index contributed by atoms with van der Waals surface area (Å²) in [6.45, 7) is 1.33. The topological polar surface area (TPSA) is 89.6 Å². The molecule has 1 aliphatic heterocycles. The number of hydrogen-bond donors (Lipinski definition) is 2. The van der Waals surface area contributed by atoms with Crippen molar-refractivity contribution in [1.29, 1.82) is 0 Å². The molecule has 1 saturated carbocycles. The number of esters is 1. The lowest BCUT2D eigenvalue weighted by Crippen LogP contribution is -2.42. The maximum absolute atomic E-state index is 11.7. The molecule has 0 aromatic heterocycles. The third-order valence-corrected chi connectivity index (χ3v) is 4.30. The van der Waals surface area contributed by atoms with Crippen molar-refractivity contribution in [2.45, 2.75) is 57.6 Å². The highest BCUT2D eigenvalue weighted by Crippen LogP contribution is 2.30. The van der Waals surface area contributed by atoms with Crippen LogP contribution in [0.25, 0.3) is 0 Å². The van der Waals surface area contributed by atoms with Crippen LogP contribution < -0.4 is 5.73 Å². The Hall–Kier alpha value is -1.20. The molecule has 20 heavy (non-hydrogen) atoms. The highest BCUT2D eigenvalue weighted by atomic mass is 16.5. The van der Waals surface area contributed by atoms with Gasteiger partial charge in [0, 0.05) is 13.0 Å². The Balaban J connectivity index is 1.94. The summed E-state index contributed by atoms with van der Waals surface area (Å²) in [6.07, 6.45) is 7.12. The van der Waals surface area contributed by atoms with Gasteiger partial charge in [0.05, 0.1) is 6.10 Å². The van der Waals surface area contributed by atoms with E-state index in [-0.39, 0.29) is 11.5 Å². The number of allylic oxidation sites excluding steroid dienone is 1. The molecular formula is C15H23NO4. The fourth-order valence-electron chi connectivity index (χ4n) is 3.08. The molecule has 0 spiro atoms. The van der Waals surface area contributed by atoms with E-state index in [0.29, 0.717) is 12.3 Å². The predicted octanol–water partition coefficient (Wildman–Crippen LogP) is 1.29. The normalized spacial score (nSPS) is 26.9. The van der Waals surface area contributed by atoms with Gasteiger partial charge in [-0.2, -0.15) is 0 Å². The number of cyclic esters (lactones) is 1.